The molecular formula is C29H31FN4O3. The van der Waals surface area contributed by atoms with Crippen LogP contribution in [0.25, 0.3) is 11.0 Å². The SMILES string of the molecule is Cc1c[nH]c2nccc(Oc3ccc(C[C@H](N)C(=O)N4CCC(O)(Cc5ccccc5)CC4)cc3F)c12. The highest BCUT2D eigenvalue weighted by atomic mass is 19.1. The van der Waals surface area contributed by atoms with E-state index in [0.29, 0.717) is 49.3 Å². The summed E-state index contributed by atoms with van der Waals surface area (Å²) in [7, 11) is 0. The summed E-state index contributed by atoms with van der Waals surface area (Å²) < 4.78 is 20.8. The molecule has 4 aromatic rings. The van der Waals surface area contributed by atoms with Crippen LogP contribution in [-0.2, 0) is 17.6 Å². The number of pyridine rings is 1. The third-order valence-electron chi connectivity index (χ3n) is 7.10. The first-order valence-corrected chi connectivity index (χ1v) is 12.5. The fourth-order valence-electron chi connectivity index (χ4n) is 5.01. The molecule has 192 valence electrons. The quantitative estimate of drug-likeness (QED) is 0.350. The maximum atomic E-state index is 14.9. The highest BCUT2D eigenvalue weighted by molar-refractivity contribution is 5.86. The van der Waals surface area contributed by atoms with Gasteiger partial charge in [-0.15, -0.1) is 0 Å². The van der Waals surface area contributed by atoms with Crippen LogP contribution in [0, 0.1) is 12.7 Å². The number of nitrogens with zero attached hydrogens (tertiary/aromatic N) is 2. The number of halogens is 1. The lowest BCUT2D eigenvalue weighted by Gasteiger charge is -2.39. The van der Waals surface area contributed by atoms with Crippen LogP contribution in [0.4, 0.5) is 4.39 Å². The third-order valence-corrected chi connectivity index (χ3v) is 7.10. The van der Waals surface area contributed by atoms with E-state index in [1.807, 2.05) is 43.5 Å². The molecular weight excluding hydrogens is 471 g/mol. The van der Waals surface area contributed by atoms with Gasteiger partial charge in [0.25, 0.3) is 0 Å². The van der Waals surface area contributed by atoms with Gasteiger partial charge in [-0.2, -0.15) is 0 Å². The summed E-state index contributed by atoms with van der Waals surface area (Å²) in [6.07, 6.45) is 5.18. The maximum absolute atomic E-state index is 14.9. The Balaban J connectivity index is 1.19. The number of aromatic nitrogens is 2. The number of carbonyl (C=O) groups is 1. The van der Waals surface area contributed by atoms with Gasteiger partial charge in [0, 0.05) is 31.9 Å². The summed E-state index contributed by atoms with van der Waals surface area (Å²) in [4.78, 5) is 22.0. The van der Waals surface area contributed by atoms with Gasteiger partial charge in [0.05, 0.1) is 17.0 Å². The predicted octanol–water partition coefficient (Wildman–Crippen LogP) is 4.27. The Hall–Kier alpha value is -3.75. The summed E-state index contributed by atoms with van der Waals surface area (Å²) in [5.74, 6) is -0.117. The number of nitrogens with two attached hydrogens (primary N) is 1. The van der Waals surface area contributed by atoms with Crippen molar-refractivity contribution in [3.63, 3.8) is 0 Å². The molecule has 1 fully saturated rings. The number of likely N-dealkylation sites (tertiary alicyclic amines) is 1. The standard InChI is InChI=1S/C29H31FN4O3/c1-19-18-33-27-26(19)25(9-12-32-27)37-24-8-7-21(15-22(24)30)16-23(31)28(35)34-13-10-29(36,11-14-34)17-20-5-3-2-4-6-20/h2-9,12,15,18,23,36H,10-11,13-14,16-17,31H2,1H3,(H,32,33)/t23-/m0/s1. The molecule has 8 heteroatoms. The zero-order valence-corrected chi connectivity index (χ0v) is 20.8. The van der Waals surface area contributed by atoms with Gasteiger partial charge in [-0.25, -0.2) is 9.37 Å². The zero-order valence-electron chi connectivity index (χ0n) is 20.8. The number of aliphatic hydroxyl groups is 1. The first-order chi connectivity index (χ1) is 17.8. The normalized spacial score (nSPS) is 16.1. The number of H-pyrrole nitrogens is 1. The second kappa shape index (κ2) is 10.3. The Morgan fingerprint density at radius 2 is 1.92 bits per heavy atom. The molecule has 1 atom stereocenters. The number of amides is 1. The van der Waals surface area contributed by atoms with E-state index >= 15 is 0 Å². The van der Waals surface area contributed by atoms with Crippen LogP contribution < -0.4 is 10.5 Å². The van der Waals surface area contributed by atoms with Crippen molar-refractivity contribution < 1.29 is 19.0 Å². The van der Waals surface area contributed by atoms with Gasteiger partial charge in [-0.05, 0) is 61.1 Å². The molecule has 0 radical (unpaired) electrons. The summed E-state index contributed by atoms with van der Waals surface area (Å²) in [5, 5.41) is 11.8. The Morgan fingerprint density at radius 1 is 1.16 bits per heavy atom. The molecule has 1 amide bonds. The fourth-order valence-corrected chi connectivity index (χ4v) is 5.01. The number of hydrogen-bond donors (Lipinski definition) is 3. The highest BCUT2D eigenvalue weighted by Gasteiger charge is 2.35. The zero-order chi connectivity index (χ0) is 26.0. The van der Waals surface area contributed by atoms with E-state index in [1.165, 1.54) is 6.07 Å². The van der Waals surface area contributed by atoms with Crippen LogP contribution in [0.2, 0.25) is 0 Å². The average Bonchev–Trinajstić information content (AvgIpc) is 3.27. The van der Waals surface area contributed by atoms with Crippen LogP contribution in [0.5, 0.6) is 11.5 Å². The van der Waals surface area contributed by atoms with Gasteiger partial charge in [0.15, 0.2) is 11.6 Å². The van der Waals surface area contributed by atoms with Gasteiger partial charge in [0.1, 0.15) is 11.4 Å². The largest absolute Gasteiger partial charge is 0.453 e. The number of ether oxygens (including phenoxy) is 1. The Bertz CT molecular complexity index is 1400. The van der Waals surface area contributed by atoms with E-state index in [4.69, 9.17) is 10.5 Å². The molecule has 0 unspecified atom stereocenters. The van der Waals surface area contributed by atoms with Gasteiger partial charge < -0.3 is 25.5 Å². The minimum Gasteiger partial charge on any atom is -0.453 e. The van der Waals surface area contributed by atoms with Crippen molar-refractivity contribution in [1.29, 1.82) is 0 Å². The average molecular weight is 503 g/mol. The lowest BCUT2D eigenvalue weighted by molar-refractivity contribution is -0.136. The Kier molecular flexibility index (Phi) is 6.95. The van der Waals surface area contributed by atoms with Gasteiger partial charge in [0.2, 0.25) is 5.91 Å². The monoisotopic (exact) mass is 502 g/mol. The van der Waals surface area contributed by atoms with Gasteiger partial charge in [-0.3, -0.25) is 4.79 Å². The summed E-state index contributed by atoms with van der Waals surface area (Å²) >= 11 is 0. The highest BCUT2D eigenvalue weighted by Crippen LogP contribution is 2.32. The number of aromatic amines is 1. The lowest BCUT2D eigenvalue weighted by Crippen LogP contribution is -2.52. The van der Waals surface area contributed by atoms with Gasteiger partial charge in [-0.1, -0.05) is 36.4 Å². The maximum Gasteiger partial charge on any atom is 0.239 e. The smallest absolute Gasteiger partial charge is 0.239 e. The first kappa shape index (κ1) is 24.9. The molecule has 5 rings (SSSR count). The molecule has 1 saturated heterocycles. The van der Waals surface area contributed by atoms with E-state index in [-0.39, 0.29) is 18.1 Å². The Morgan fingerprint density at radius 3 is 2.65 bits per heavy atom. The van der Waals surface area contributed by atoms with E-state index in [0.717, 1.165) is 16.5 Å². The topological polar surface area (TPSA) is 104 Å². The van der Waals surface area contributed by atoms with Crippen molar-refractivity contribution in [2.24, 2.45) is 5.73 Å². The molecule has 0 aliphatic carbocycles. The third kappa shape index (κ3) is 5.50. The van der Waals surface area contributed by atoms with Crippen molar-refractivity contribution in [1.82, 2.24) is 14.9 Å². The van der Waals surface area contributed by atoms with Crippen LogP contribution >= 0.6 is 0 Å². The summed E-state index contributed by atoms with van der Waals surface area (Å²) in [6, 6.07) is 15.4. The summed E-state index contributed by atoms with van der Waals surface area (Å²) in [6.45, 7) is 2.81. The molecule has 2 aromatic heterocycles. The number of benzene rings is 2. The lowest BCUT2D eigenvalue weighted by atomic mass is 9.85. The van der Waals surface area contributed by atoms with Gasteiger partial charge >= 0.3 is 0 Å². The van der Waals surface area contributed by atoms with E-state index in [9.17, 15) is 14.3 Å². The fraction of sp³-hybridized carbons (Fsp3) is 0.310. The van der Waals surface area contributed by atoms with Crippen LogP contribution in [0.1, 0.15) is 29.5 Å². The number of carbonyl (C=O) groups excluding carboxylic acids is 1. The number of rotatable bonds is 7. The van der Waals surface area contributed by atoms with Crippen LogP contribution in [0.15, 0.2) is 67.0 Å². The minimum absolute atomic E-state index is 0.0884. The predicted molar refractivity (Wildman–Crippen MR) is 140 cm³/mol. The molecule has 4 N–H and O–H groups in total. The number of piperidine rings is 1. The van der Waals surface area contributed by atoms with Crippen molar-refractivity contribution in [3.05, 3.63) is 89.5 Å². The number of hydrogen-bond acceptors (Lipinski definition) is 5. The molecule has 1 aliphatic rings. The van der Waals surface area contributed by atoms with Crippen molar-refractivity contribution >= 4 is 16.9 Å². The van der Waals surface area contributed by atoms with Crippen LogP contribution in [-0.4, -0.2) is 50.6 Å². The molecule has 2 aromatic carbocycles. The van der Waals surface area contributed by atoms with E-state index in [1.54, 1.807) is 29.3 Å². The molecule has 3 heterocycles. The molecule has 7 nitrogen and oxygen atoms in total. The van der Waals surface area contributed by atoms with Crippen molar-refractivity contribution in [2.75, 3.05) is 13.1 Å². The van der Waals surface area contributed by atoms with Crippen molar-refractivity contribution in [3.8, 4) is 11.5 Å². The molecule has 0 saturated carbocycles. The number of nitrogens with one attached hydrogen (secondary N) is 1. The minimum atomic E-state index is -0.833. The first-order valence-electron chi connectivity index (χ1n) is 12.5. The molecule has 0 spiro atoms. The second-order valence-corrected chi connectivity index (χ2v) is 9.89. The number of aryl methyl sites for hydroxylation is 1. The van der Waals surface area contributed by atoms with E-state index in [2.05, 4.69) is 9.97 Å². The second-order valence-electron chi connectivity index (χ2n) is 9.89. The molecule has 0 bridgehead atoms. The van der Waals surface area contributed by atoms with E-state index < -0.39 is 17.5 Å². The Labute approximate surface area is 215 Å². The molecule has 1 aliphatic heterocycles. The summed E-state index contributed by atoms with van der Waals surface area (Å²) in [5.41, 5.74) is 8.72. The van der Waals surface area contributed by atoms with Crippen LogP contribution in [0.3, 0.4) is 0 Å². The van der Waals surface area contributed by atoms with Crippen molar-refractivity contribution in [2.45, 2.75) is 44.2 Å². The number of fused-ring (bicyclic) bond motifs is 1. The molecule has 37 heavy (non-hydrogen) atoms.